The van der Waals surface area contributed by atoms with Crippen molar-refractivity contribution in [2.45, 2.75) is 0 Å². The zero-order chi connectivity index (χ0) is 13.3. The fraction of sp³-hybridized carbons (Fsp3) is 0.143. The lowest BCUT2D eigenvalue weighted by atomic mass is 10.2. The van der Waals surface area contributed by atoms with Gasteiger partial charge in [-0.05, 0) is 11.6 Å². The Balaban J connectivity index is 2.77. The molecule has 0 atom stereocenters. The van der Waals surface area contributed by atoms with E-state index >= 15 is 0 Å². The van der Waals surface area contributed by atoms with E-state index in [2.05, 4.69) is 13.2 Å². The predicted molar refractivity (Wildman–Crippen MR) is 75.4 cm³/mol. The Bertz CT molecular complexity index is 435. The van der Waals surface area contributed by atoms with E-state index in [4.69, 9.17) is 9.05 Å². The highest BCUT2D eigenvalue weighted by molar-refractivity contribution is 7.57. The maximum atomic E-state index is 12.3. The lowest BCUT2D eigenvalue weighted by Gasteiger charge is -2.12. The van der Waals surface area contributed by atoms with E-state index < -0.39 is 7.60 Å². The third-order valence-electron chi connectivity index (χ3n) is 1.99. The topological polar surface area (TPSA) is 35.5 Å². The van der Waals surface area contributed by atoms with Gasteiger partial charge in [0.25, 0.3) is 0 Å². The molecule has 0 heterocycles. The zero-order valence-electron chi connectivity index (χ0n) is 10.2. The van der Waals surface area contributed by atoms with E-state index in [-0.39, 0.29) is 13.2 Å². The quantitative estimate of drug-likeness (QED) is 0.520. The molecule has 0 aliphatic heterocycles. The van der Waals surface area contributed by atoms with Gasteiger partial charge in [0.2, 0.25) is 0 Å². The summed E-state index contributed by atoms with van der Waals surface area (Å²) in [6, 6.07) is 9.53. The third-order valence-corrected chi connectivity index (χ3v) is 3.53. The van der Waals surface area contributed by atoms with Gasteiger partial charge in [-0.2, -0.15) is 0 Å². The minimum atomic E-state index is -3.24. The van der Waals surface area contributed by atoms with E-state index in [1.54, 1.807) is 6.08 Å². The molecule has 0 amide bonds. The SMILES string of the molecule is C=CCOP(=O)(C=Cc1ccccc1)OCC=C. The van der Waals surface area contributed by atoms with Crippen LogP contribution in [-0.4, -0.2) is 13.2 Å². The van der Waals surface area contributed by atoms with Crippen molar-refractivity contribution in [3.8, 4) is 0 Å². The van der Waals surface area contributed by atoms with Crippen LogP contribution in [0.3, 0.4) is 0 Å². The van der Waals surface area contributed by atoms with Crippen LogP contribution in [0.5, 0.6) is 0 Å². The molecule has 0 saturated heterocycles. The van der Waals surface area contributed by atoms with E-state index in [0.717, 1.165) is 5.56 Å². The molecule has 0 spiro atoms. The molecule has 1 rings (SSSR count). The van der Waals surface area contributed by atoms with E-state index in [1.165, 1.54) is 18.0 Å². The summed E-state index contributed by atoms with van der Waals surface area (Å²) >= 11 is 0. The van der Waals surface area contributed by atoms with Crippen LogP contribution in [0.4, 0.5) is 0 Å². The monoisotopic (exact) mass is 264 g/mol. The summed E-state index contributed by atoms with van der Waals surface area (Å²) in [4.78, 5) is 0. The molecule has 1 aromatic rings. The van der Waals surface area contributed by atoms with Crippen LogP contribution < -0.4 is 0 Å². The smallest absolute Gasteiger partial charge is 0.301 e. The van der Waals surface area contributed by atoms with Crippen molar-refractivity contribution in [3.63, 3.8) is 0 Å². The first-order valence-corrected chi connectivity index (χ1v) is 7.16. The van der Waals surface area contributed by atoms with Crippen LogP contribution in [0.15, 0.2) is 61.5 Å². The highest BCUT2D eigenvalue weighted by atomic mass is 31.2. The molecule has 96 valence electrons. The van der Waals surface area contributed by atoms with Crippen molar-refractivity contribution in [1.29, 1.82) is 0 Å². The van der Waals surface area contributed by atoms with Gasteiger partial charge in [-0.25, -0.2) is 0 Å². The molecule has 18 heavy (non-hydrogen) atoms. The second-order valence-electron chi connectivity index (χ2n) is 3.44. The fourth-order valence-electron chi connectivity index (χ4n) is 1.18. The summed E-state index contributed by atoms with van der Waals surface area (Å²) in [7, 11) is -3.24. The van der Waals surface area contributed by atoms with Gasteiger partial charge in [-0.3, -0.25) is 4.57 Å². The first-order chi connectivity index (χ1) is 8.70. The molecular weight excluding hydrogens is 247 g/mol. The zero-order valence-corrected chi connectivity index (χ0v) is 11.1. The van der Waals surface area contributed by atoms with Gasteiger partial charge >= 0.3 is 7.60 Å². The highest BCUT2D eigenvalue weighted by Gasteiger charge is 2.19. The Hall–Kier alpha value is -1.41. The molecular formula is C14H17O3P. The summed E-state index contributed by atoms with van der Waals surface area (Å²) in [6.45, 7) is 7.38. The summed E-state index contributed by atoms with van der Waals surface area (Å²) in [5, 5.41) is 0. The Morgan fingerprint density at radius 2 is 1.61 bits per heavy atom. The Kier molecular flexibility index (Phi) is 6.37. The third kappa shape index (κ3) is 5.28. The normalized spacial score (nSPS) is 11.6. The van der Waals surface area contributed by atoms with E-state index in [0.29, 0.717) is 0 Å². The van der Waals surface area contributed by atoms with Crippen LogP contribution in [0.1, 0.15) is 5.56 Å². The van der Waals surface area contributed by atoms with E-state index in [1.807, 2.05) is 30.3 Å². The highest BCUT2D eigenvalue weighted by Crippen LogP contribution is 2.50. The Morgan fingerprint density at radius 1 is 1.06 bits per heavy atom. The Labute approximate surface area is 108 Å². The number of hydrogen-bond acceptors (Lipinski definition) is 3. The second kappa shape index (κ2) is 7.83. The van der Waals surface area contributed by atoms with Crippen LogP contribution in [-0.2, 0) is 13.6 Å². The van der Waals surface area contributed by atoms with Crippen molar-refractivity contribution in [2.75, 3.05) is 13.2 Å². The average molecular weight is 264 g/mol. The second-order valence-corrected chi connectivity index (χ2v) is 5.33. The molecule has 0 fully saturated rings. The van der Waals surface area contributed by atoms with Gasteiger partial charge in [0.15, 0.2) is 0 Å². The van der Waals surface area contributed by atoms with Gasteiger partial charge in [-0.15, -0.1) is 13.2 Å². The van der Waals surface area contributed by atoms with Gasteiger partial charge < -0.3 is 9.05 Å². The van der Waals surface area contributed by atoms with Crippen molar-refractivity contribution in [1.82, 2.24) is 0 Å². The standard InChI is InChI=1S/C14H17O3P/c1-3-11-16-18(15,17-12-4-2)13-10-14-8-6-5-7-9-14/h3-10,13H,1-2,11-12H2. The number of hydrogen-bond donors (Lipinski definition) is 0. The van der Waals surface area contributed by atoms with Gasteiger partial charge in [0.05, 0.1) is 13.2 Å². The maximum absolute atomic E-state index is 12.3. The fourth-order valence-corrected chi connectivity index (χ4v) is 2.41. The summed E-state index contributed by atoms with van der Waals surface area (Å²) < 4.78 is 22.6. The molecule has 4 heteroatoms. The van der Waals surface area contributed by atoms with Crippen molar-refractivity contribution in [3.05, 3.63) is 67.0 Å². The first kappa shape index (κ1) is 14.7. The van der Waals surface area contributed by atoms with Gasteiger partial charge in [0.1, 0.15) is 0 Å². The predicted octanol–water partition coefficient (Wildman–Crippen LogP) is 4.26. The minimum Gasteiger partial charge on any atom is -0.301 e. The molecule has 3 nitrogen and oxygen atoms in total. The largest absolute Gasteiger partial charge is 0.354 e. The minimum absolute atomic E-state index is 0.174. The van der Waals surface area contributed by atoms with Gasteiger partial charge in [0, 0.05) is 5.82 Å². The molecule has 0 unspecified atom stereocenters. The lowest BCUT2D eigenvalue weighted by Crippen LogP contribution is -1.93. The van der Waals surface area contributed by atoms with Crippen LogP contribution in [0.25, 0.3) is 6.08 Å². The van der Waals surface area contributed by atoms with Crippen molar-refractivity contribution < 1.29 is 13.6 Å². The molecule has 0 bridgehead atoms. The Morgan fingerprint density at radius 3 is 2.11 bits per heavy atom. The molecule has 0 N–H and O–H groups in total. The van der Waals surface area contributed by atoms with Crippen LogP contribution in [0.2, 0.25) is 0 Å². The molecule has 1 aromatic carbocycles. The molecule has 0 saturated carbocycles. The number of rotatable bonds is 8. The van der Waals surface area contributed by atoms with Crippen LogP contribution in [0, 0.1) is 0 Å². The summed E-state index contributed by atoms with van der Waals surface area (Å²) in [5.41, 5.74) is 0.933. The lowest BCUT2D eigenvalue weighted by molar-refractivity contribution is 0.246. The average Bonchev–Trinajstić information content (AvgIpc) is 2.42. The molecule has 0 radical (unpaired) electrons. The van der Waals surface area contributed by atoms with Crippen molar-refractivity contribution >= 4 is 13.7 Å². The van der Waals surface area contributed by atoms with Crippen LogP contribution >= 0.6 is 7.60 Å². The van der Waals surface area contributed by atoms with Gasteiger partial charge in [-0.1, -0.05) is 42.5 Å². The summed E-state index contributed by atoms with van der Waals surface area (Å²) in [6.07, 6.45) is 4.77. The number of benzene rings is 1. The summed E-state index contributed by atoms with van der Waals surface area (Å²) in [5.74, 6) is 1.45. The van der Waals surface area contributed by atoms with E-state index in [9.17, 15) is 4.57 Å². The molecule has 0 aliphatic rings. The van der Waals surface area contributed by atoms with Crippen molar-refractivity contribution in [2.24, 2.45) is 0 Å². The maximum Gasteiger partial charge on any atom is 0.354 e. The first-order valence-electron chi connectivity index (χ1n) is 5.55. The molecule has 0 aliphatic carbocycles. The molecule has 0 aromatic heterocycles.